The number of ether oxygens (including phenoxy) is 1. The normalized spacial score (nSPS) is 24.2. The van der Waals surface area contributed by atoms with E-state index in [1.807, 2.05) is 17.8 Å². The molecule has 2 heterocycles. The molecule has 1 saturated heterocycles. The van der Waals surface area contributed by atoms with E-state index >= 15 is 0 Å². The first-order valence-corrected chi connectivity index (χ1v) is 8.05. The van der Waals surface area contributed by atoms with E-state index in [2.05, 4.69) is 5.32 Å². The van der Waals surface area contributed by atoms with E-state index in [9.17, 15) is 4.39 Å². The maximum absolute atomic E-state index is 13.4. The molecule has 4 heteroatoms. The summed E-state index contributed by atoms with van der Waals surface area (Å²) in [5, 5.41) is 3.64. The topological polar surface area (TPSA) is 21.3 Å². The Balaban J connectivity index is 1.64. The number of rotatable bonds is 3. The van der Waals surface area contributed by atoms with Crippen molar-refractivity contribution in [3.63, 3.8) is 0 Å². The summed E-state index contributed by atoms with van der Waals surface area (Å²) in [4.78, 5) is 1.23. The molecular weight excluding hydrogens is 261 g/mol. The molecule has 104 valence electrons. The minimum atomic E-state index is -0.126. The van der Waals surface area contributed by atoms with Crippen LogP contribution in [-0.4, -0.2) is 25.5 Å². The van der Waals surface area contributed by atoms with Gasteiger partial charge in [-0.2, -0.15) is 0 Å². The highest BCUT2D eigenvalue weighted by atomic mass is 32.2. The van der Waals surface area contributed by atoms with Gasteiger partial charge in [-0.3, -0.25) is 0 Å². The maximum Gasteiger partial charge on any atom is 0.123 e. The fourth-order valence-corrected chi connectivity index (χ4v) is 3.94. The van der Waals surface area contributed by atoms with Gasteiger partial charge in [0.2, 0.25) is 0 Å². The number of benzene rings is 1. The van der Waals surface area contributed by atoms with Crippen LogP contribution in [0.4, 0.5) is 4.39 Å². The average molecular weight is 281 g/mol. The van der Waals surface area contributed by atoms with Crippen LogP contribution < -0.4 is 5.32 Å². The number of fused-ring (bicyclic) bond motifs is 1. The van der Waals surface area contributed by atoms with Gasteiger partial charge in [0, 0.05) is 24.2 Å². The van der Waals surface area contributed by atoms with Gasteiger partial charge >= 0.3 is 0 Å². The van der Waals surface area contributed by atoms with Gasteiger partial charge in [-0.25, -0.2) is 4.39 Å². The molecule has 0 aliphatic carbocycles. The maximum atomic E-state index is 13.4. The highest BCUT2D eigenvalue weighted by Gasteiger charge is 2.22. The van der Waals surface area contributed by atoms with Gasteiger partial charge in [-0.05, 0) is 61.2 Å². The van der Waals surface area contributed by atoms with Crippen LogP contribution in [0.2, 0.25) is 0 Å². The van der Waals surface area contributed by atoms with Crippen LogP contribution >= 0.6 is 11.8 Å². The van der Waals surface area contributed by atoms with Gasteiger partial charge in [0.25, 0.3) is 0 Å². The molecule has 1 unspecified atom stereocenters. The third kappa shape index (κ3) is 3.30. The van der Waals surface area contributed by atoms with Gasteiger partial charge in [0.05, 0.1) is 0 Å². The molecule has 0 radical (unpaired) electrons. The molecule has 2 nitrogen and oxygen atoms in total. The van der Waals surface area contributed by atoms with E-state index in [0.717, 1.165) is 50.3 Å². The summed E-state index contributed by atoms with van der Waals surface area (Å²) in [6.45, 7) is 2.80. The van der Waals surface area contributed by atoms with Crippen molar-refractivity contribution in [1.29, 1.82) is 0 Å². The zero-order valence-electron chi connectivity index (χ0n) is 11.0. The minimum Gasteiger partial charge on any atom is -0.381 e. The third-order valence-electron chi connectivity index (χ3n) is 4.01. The predicted octanol–water partition coefficient (Wildman–Crippen LogP) is 3.38. The van der Waals surface area contributed by atoms with Crippen LogP contribution in [0.1, 0.15) is 30.9 Å². The lowest BCUT2D eigenvalue weighted by Crippen LogP contribution is -2.32. The molecule has 1 N–H and O–H groups in total. The van der Waals surface area contributed by atoms with E-state index in [1.54, 1.807) is 12.1 Å². The highest BCUT2D eigenvalue weighted by molar-refractivity contribution is 7.99. The monoisotopic (exact) mass is 281 g/mol. The minimum absolute atomic E-state index is 0.126. The van der Waals surface area contributed by atoms with Crippen molar-refractivity contribution >= 4 is 11.8 Å². The summed E-state index contributed by atoms with van der Waals surface area (Å²) in [5.74, 6) is 1.70. The summed E-state index contributed by atoms with van der Waals surface area (Å²) in [5.41, 5.74) is 1.14. The quantitative estimate of drug-likeness (QED) is 0.917. The van der Waals surface area contributed by atoms with Gasteiger partial charge < -0.3 is 10.1 Å². The molecule has 2 aliphatic rings. The first-order chi connectivity index (χ1) is 9.33. The predicted molar refractivity (Wildman–Crippen MR) is 76.0 cm³/mol. The van der Waals surface area contributed by atoms with Crippen LogP contribution in [-0.2, 0) is 4.74 Å². The molecule has 1 aromatic carbocycles. The van der Waals surface area contributed by atoms with E-state index in [1.165, 1.54) is 4.90 Å². The Morgan fingerprint density at radius 3 is 2.95 bits per heavy atom. The summed E-state index contributed by atoms with van der Waals surface area (Å²) in [6.07, 6.45) is 3.37. The number of halogens is 1. The summed E-state index contributed by atoms with van der Waals surface area (Å²) >= 11 is 1.84. The Bertz CT molecular complexity index is 434. The van der Waals surface area contributed by atoms with Gasteiger partial charge in [0.1, 0.15) is 5.82 Å². The van der Waals surface area contributed by atoms with Crippen molar-refractivity contribution in [3.8, 4) is 0 Å². The molecular formula is C15H20FNOS. The van der Waals surface area contributed by atoms with Crippen LogP contribution in [0.3, 0.4) is 0 Å². The zero-order chi connectivity index (χ0) is 13.1. The second-order valence-electron chi connectivity index (χ2n) is 5.34. The van der Waals surface area contributed by atoms with Gasteiger partial charge in [0.15, 0.2) is 0 Å². The van der Waals surface area contributed by atoms with Crippen molar-refractivity contribution < 1.29 is 9.13 Å². The molecule has 19 heavy (non-hydrogen) atoms. The van der Waals surface area contributed by atoms with E-state index in [4.69, 9.17) is 4.74 Å². The van der Waals surface area contributed by atoms with Crippen LogP contribution in [0.15, 0.2) is 23.1 Å². The standard InChI is InChI=1S/C15H20FNOS/c16-12-1-2-15-13(9-12)14(5-8-19-15)17-10-11-3-6-18-7-4-11/h1-2,9,11,14,17H,3-8,10H2. The van der Waals surface area contributed by atoms with Gasteiger partial charge in [-0.1, -0.05) is 0 Å². The lowest BCUT2D eigenvalue weighted by atomic mass is 9.98. The van der Waals surface area contributed by atoms with Crippen LogP contribution in [0.5, 0.6) is 0 Å². The first kappa shape index (κ1) is 13.4. The molecule has 0 spiro atoms. The second kappa shape index (κ2) is 6.25. The SMILES string of the molecule is Fc1ccc2c(c1)C(NCC1CCOCC1)CCS2. The number of hydrogen-bond donors (Lipinski definition) is 1. The lowest BCUT2D eigenvalue weighted by Gasteiger charge is -2.29. The molecule has 0 aromatic heterocycles. The van der Waals surface area contributed by atoms with Crippen molar-refractivity contribution in [2.24, 2.45) is 5.92 Å². The van der Waals surface area contributed by atoms with Crippen molar-refractivity contribution in [3.05, 3.63) is 29.6 Å². The van der Waals surface area contributed by atoms with E-state index in [-0.39, 0.29) is 5.82 Å². The largest absolute Gasteiger partial charge is 0.381 e. The number of nitrogens with one attached hydrogen (secondary N) is 1. The fraction of sp³-hybridized carbons (Fsp3) is 0.600. The summed E-state index contributed by atoms with van der Waals surface area (Å²) in [7, 11) is 0. The molecule has 3 rings (SSSR count). The zero-order valence-corrected chi connectivity index (χ0v) is 11.8. The van der Waals surface area contributed by atoms with Crippen molar-refractivity contribution in [2.45, 2.75) is 30.2 Å². The average Bonchev–Trinajstić information content (AvgIpc) is 2.46. The van der Waals surface area contributed by atoms with E-state index in [0.29, 0.717) is 12.0 Å². The Morgan fingerprint density at radius 1 is 1.26 bits per heavy atom. The van der Waals surface area contributed by atoms with Crippen molar-refractivity contribution in [1.82, 2.24) is 5.32 Å². The molecule has 0 bridgehead atoms. The Labute approximate surface area is 118 Å². The van der Waals surface area contributed by atoms with Gasteiger partial charge in [-0.15, -0.1) is 11.8 Å². The molecule has 0 saturated carbocycles. The van der Waals surface area contributed by atoms with Crippen LogP contribution in [0, 0.1) is 11.7 Å². The van der Waals surface area contributed by atoms with Crippen molar-refractivity contribution in [2.75, 3.05) is 25.5 Å². The molecule has 1 aromatic rings. The number of hydrogen-bond acceptors (Lipinski definition) is 3. The smallest absolute Gasteiger partial charge is 0.123 e. The number of thioether (sulfide) groups is 1. The second-order valence-corrected chi connectivity index (χ2v) is 6.47. The Hall–Kier alpha value is -0.580. The first-order valence-electron chi connectivity index (χ1n) is 7.06. The Morgan fingerprint density at radius 2 is 2.11 bits per heavy atom. The third-order valence-corrected chi connectivity index (χ3v) is 5.13. The summed E-state index contributed by atoms with van der Waals surface area (Å²) < 4.78 is 18.8. The molecule has 1 atom stereocenters. The molecule has 2 aliphatic heterocycles. The van der Waals surface area contributed by atoms with E-state index < -0.39 is 0 Å². The molecule has 0 amide bonds. The molecule has 1 fully saturated rings. The fourth-order valence-electron chi connectivity index (χ4n) is 2.84. The highest BCUT2D eigenvalue weighted by Crippen LogP contribution is 2.36. The Kier molecular flexibility index (Phi) is 4.41. The van der Waals surface area contributed by atoms with Crippen LogP contribution in [0.25, 0.3) is 0 Å². The lowest BCUT2D eigenvalue weighted by molar-refractivity contribution is 0.0653. The summed E-state index contributed by atoms with van der Waals surface area (Å²) in [6, 6.07) is 5.49.